The molecule has 1 N–H and O–H groups in total. The molecule has 2 aromatic rings. The number of hydrogen-bond donors (Lipinski definition) is 1. The molecule has 5 rings (SSSR count). The van der Waals surface area contributed by atoms with E-state index in [1.165, 1.54) is 39.6 Å². The highest BCUT2D eigenvalue weighted by molar-refractivity contribution is 5.90. The molecular formula is C23H28N4O4. The number of amides is 1. The minimum absolute atomic E-state index is 0.0734. The van der Waals surface area contributed by atoms with Gasteiger partial charge in [0, 0.05) is 0 Å². The Balaban J connectivity index is 1.32. The molecule has 0 saturated heterocycles. The van der Waals surface area contributed by atoms with E-state index in [1.54, 1.807) is 0 Å². The summed E-state index contributed by atoms with van der Waals surface area (Å²) in [4.78, 5) is 29.6. The number of benzene rings is 1. The second kappa shape index (κ2) is 8.69. The lowest BCUT2D eigenvalue weighted by molar-refractivity contribution is -0.159. The first kappa shape index (κ1) is 20.0. The highest BCUT2D eigenvalue weighted by atomic mass is 16.6. The Bertz CT molecular complexity index is 934. The third-order valence-corrected chi connectivity index (χ3v) is 6.62. The first-order valence-electron chi connectivity index (χ1n) is 11.3. The van der Waals surface area contributed by atoms with Crippen LogP contribution in [0.3, 0.4) is 0 Å². The fraction of sp³-hybridized carbons (Fsp3) is 0.565. The third-order valence-electron chi connectivity index (χ3n) is 6.62. The van der Waals surface area contributed by atoms with Crippen molar-refractivity contribution in [3.05, 3.63) is 41.0 Å². The fourth-order valence-electron chi connectivity index (χ4n) is 5.13. The predicted octanol–water partition coefficient (Wildman–Crippen LogP) is 3.36. The second-order valence-corrected chi connectivity index (χ2v) is 8.71. The van der Waals surface area contributed by atoms with E-state index in [1.807, 2.05) is 0 Å². The van der Waals surface area contributed by atoms with Gasteiger partial charge in [0.05, 0.1) is 12.2 Å². The van der Waals surface area contributed by atoms with Crippen molar-refractivity contribution in [3.8, 4) is 0 Å². The summed E-state index contributed by atoms with van der Waals surface area (Å²) >= 11 is 0. The van der Waals surface area contributed by atoms with Gasteiger partial charge in [-0.05, 0) is 86.5 Å². The highest BCUT2D eigenvalue weighted by Crippen LogP contribution is 2.38. The van der Waals surface area contributed by atoms with Gasteiger partial charge >= 0.3 is 12.1 Å². The van der Waals surface area contributed by atoms with Gasteiger partial charge in [-0.1, -0.05) is 6.07 Å². The Hall–Kier alpha value is -2.90. The summed E-state index contributed by atoms with van der Waals surface area (Å²) in [6.45, 7) is 0.0734. The van der Waals surface area contributed by atoms with Crippen molar-refractivity contribution in [2.24, 2.45) is 0 Å². The molecule has 3 aliphatic carbocycles. The van der Waals surface area contributed by atoms with E-state index in [9.17, 15) is 9.59 Å². The molecule has 8 heteroatoms. The molecule has 1 saturated carbocycles. The Kier molecular flexibility index (Phi) is 5.61. The maximum atomic E-state index is 12.9. The van der Waals surface area contributed by atoms with E-state index in [0.29, 0.717) is 0 Å². The van der Waals surface area contributed by atoms with E-state index >= 15 is 0 Å². The van der Waals surface area contributed by atoms with Crippen molar-refractivity contribution in [1.29, 1.82) is 0 Å². The zero-order chi connectivity index (χ0) is 21.2. The lowest BCUT2D eigenvalue weighted by Gasteiger charge is -2.21. The number of nitrogens with one attached hydrogen (secondary N) is 1. The molecule has 1 heterocycles. The van der Waals surface area contributed by atoms with Gasteiger partial charge in [-0.3, -0.25) is 5.32 Å². The maximum absolute atomic E-state index is 12.9. The van der Waals surface area contributed by atoms with Gasteiger partial charge in [0.25, 0.3) is 0 Å². The number of carbonyl (C=O) groups is 2. The van der Waals surface area contributed by atoms with Crippen molar-refractivity contribution in [1.82, 2.24) is 14.8 Å². The molecule has 8 nitrogen and oxygen atoms in total. The van der Waals surface area contributed by atoms with Crippen LogP contribution in [0.5, 0.6) is 0 Å². The van der Waals surface area contributed by atoms with Gasteiger partial charge in [-0.2, -0.15) is 5.10 Å². The van der Waals surface area contributed by atoms with Gasteiger partial charge in [0.15, 0.2) is 0 Å². The molecule has 31 heavy (non-hydrogen) atoms. The predicted molar refractivity (Wildman–Crippen MR) is 113 cm³/mol. The quantitative estimate of drug-likeness (QED) is 0.715. The van der Waals surface area contributed by atoms with Gasteiger partial charge in [0.2, 0.25) is 6.10 Å². The van der Waals surface area contributed by atoms with Crippen LogP contribution in [0.25, 0.3) is 0 Å². The first-order valence-corrected chi connectivity index (χ1v) is 11.3. The molecule has 164 valence electrons. The number of aromatic nitrogens is 3. The van der Waals surface area contributed by atoms with Crippen molar-refractivity contribution in [2.45, 2.75) is 83.0 Å². The summed E-state index contributed by atoms with van der Waals surface area (Å²) in [5, 5.41) is 7.03. The molecule has 0 bridgehead atoms. The first-order chi connectivity index (χ1) is 15.2. The summed E-state index contributed by atoms with van der Waals surface area (Å²) in [7, 11) is 0. The van der Waals surface area contributed by atoms with Crippen molar-refractivity contribution < 1.29 is 19.1 Å². The zero-order valence-electron chi connectivity index (χ0n) is 17.6. The maximum Gasteiger partial charge on any atom is 0.412 e. The van der Waals surface area contributed by atoms with Crippen LogP contribution < -0.4 is 5.32 Å². The minimum Gasteiger partial charge on any atom is -0.460 e. The molecule has 1 amide bonds. The van der Waals surface area contributed by atoms with Crippen LogP contribution in [0.4, 0.5) is 10.5 Å². The standard InChI is InChI=1S/C23H28N4O4/c28-22(30-17-7-1-2-8-17)20(12-27-14-24-13-25-27)31-23(29)26-21-18-9-3-5-15(18)11-16-6-4-10-19(16)21/h11,13-14,17,20H,1-10,12H2,(H,26,29)/t20-/m1/s1. The van der Waals surface area contributed by atoms with Crippen LogP contribution >= 0.6 is 0 Å². The van der Waals surface area contributed by atoms with Crippen LogP contribution in [-0.4, -0.2) is 39.0 Å². The lowest BCUT2D eigenvalue weighted by Crippen LogP contribution is -2.36. The monoisotopic (exact) mass is 424 g/mol. The van der Waals surface area contributed by atoms with Gasteiger partial charge in [0.1, 0.15) is 18.8 Å². The average Bonchev–Trinajstić information content (AvgIpc) is 3.54. The molecule has 3 aliphatic rings. The number of fused-ring (bicyclic) bond motifs is 2. The molecule has 1 aromatic heterocycles. The lowest BCUT2D eigenvalue weighted by atomic mass is 9.99. The number of esters is 1. The number of carbonyl (C=O) groups excluding carboxylic acids is 2. The second-order valence-electron chi connectivity index (χ2n) is 8.71. The summed E-state index contributed by atoms with van der Waals surface area (Å²) < 4.78 is 12.7. The number of rotatable bonds is 6. The molecule has 0 unspecified atom stereocenters. The molecule has 0 aliphatic heterocycles. The van der Waals surface area contributed by atoms with Gasteiger partial charge in [-0.25, -0.2) is 19.3 Å². The Morgan fingerprint density at radius 3 is 2.42 bits per heavy atom. The number of nitrogens with zero attached hydrogens (tertiary/aromatic N) is 3. The highest BCUT2D eigenvalue weighted by Gasteiger charge is 2.31. The minimum atomic E-state index is -1.08. The molecular weight excluding hydrogens is 396 g/mol. The van der Waals surface area contributed by atoms with Crippen LogP contribution in [0.15, 0.2) is 18.7 Å². The van der Waals surface area contributed by atoms with E-state index in [4.69, 9.17) is 9.47 Å². The summed E-state index contributed by atoms with van der Waals surface area (Å²) in [5.74, 6) is -0.527. The molecule has 0 radical (unpaired) electrons. The van der Waals surface area contributed by atoms with E-state index in [-0.39, 0.29) is 12.6 Å². The zero-order valence-corrected chi connectivity index (χ0v) is 17.6. The number of ether oxygens (including phenoxy) is 2. The molecule has 1 aromatic carbocycles. The third kappa shape index (κ3) is 4.29. The summed E-state index contributed by atoms with van der Waals surface area (Å²) in [5.41, 5.74) is 6.00. The van der Waals surface area contributed by atoms with E-state index in [0.717, 1.165) is 69.9 Å². The van der Waals surface area contributed by atoms with Crippen molar-refractivity contribution >= 4 is 17.7 Å². The van der Waals surface area contributed by atoms with Crippen LogP contribution in [-0.2, 0) is 46.5 Å². The summed E-state index contributed by atoms with van der Waals surface area (Å²) in [6, 6.07) is 2.31. The van der Waals surface area contributed by atoms with E-state index < -0.39 is 18.2 Å². The number of aryl methyl sites for hydroxylation is 2. The van der Waals surface area contributed by atoms with Gasteiger partial charge in [-0.15, -0.1) is 0 Å². The number of hydrogen-bond acceptors (Lipinski definition) is 6. The molecule has 1 fully saturated rings. The Morgan fingerprint density at radius 1 is 1.06 bits per heavy atom. The van der Waals surface area contributed by atoms with E-state index in [2.05, 4.69) is 21.5 Å². The fourth-order valence-corrected chi connectivity index (χ4v) is 5.13. The largest absolute Gasteiger partial charge is 0.460 e. The smallest absolute Gasteiger partial charge is 0.412 e. The van der Waals surface area contributed by atoms with Crippen LogP contribution in [0.1, 0.15) is 60.8 Å². The molecule has 0 spiro atoms. The van der Waals surface area contributed by atoms with Crippen molar-refractivity contribution in [3.63, 3.8) is 0 Å². The average molecular weight is 425 g/mol. The van der Waals surface area contributed by atoms with Crippen LogP contribution in [0, 0.1) is 0 Å². The van der Waals surface area contributed by atoms with Crippen LogP contribution in [0.2, 0.25) is 0 Å². The topological polar surface area (TPSA) is 95.3 Å². The Labute approximate surface area is 181 Å². The normalized spacial score (nSPS) is 18.5. The summed E-state index contributed by atoms with van der Waals surface area (Å²) in [6.07, 6.45) is 11.1. The number of anilines is 1. The molecule has 1 atom stereocenters. The van der Waals surface area contributed by atoms with Crippen molar-refractivity contribution in [2.75, 3.05) is 5.32 Å². The SMILES string of the molecule is O=C(Nc1c2c(cc3c1CCC3)CCC2)O[C@H](Cn1cncn1)C(=O)OC1CCCC1. The Morgan fingerprint density at radius 2 is 1.77 bits per heavy atom. The van der Waals surface area contributed by atoms with Gasteiger partial charge < -0.3 is 9.47 Å².